The Labute approximate surface area is 122 Å². The molecular formula is C15H24N2O2S. The van der Waals surface area contributed by atoms with E-state index in [1.807, 2.05) is 30.3 Å². The molecular weight excluding hydrogens is 272 g/mol. The lowest BCUT2D eigenvalue weighted by Gasteiger charge is -2.31. The van der Waals surface area contributed by atoms with Gasteiger partial charge in [0.15, 0.2) is 0 Å². The first-order chi connectivity index (χ1) is 9.62. The Kier molecular flexibility index (Phi) is 5.57. The zero-order chi connectivity index (χ0) is 14.4. The first-order valence-corrected chi connectivity index (χ1v) is 8.98. The Morgan fingerprint density at radius 1 is 1.20 bits per heavy atom. The molecule has 112 valence electrons. The van der Waals surface area contributed by atoms with Crippen LogP contribution in [0, 0.1) is 0 Å². The van der Waals surface area contributed by atoms with Crippen LogP contribution in [0.1, 0.15) is 31.7 Å². The van der Waals surface area contributed by atoms with E-state index < -0.39 is 10.0 Å². The van der Waals surface area contributed by atoms with Gasteiger partial charge in [-0.3, -0.25) is 0 Å². The molecule has 0 unspecified atom stereocenters. The van der Waals surface area contributed by atoms with Crippen LogP contribution in [-0.2, 0) is 15.8 Å². The van der Waals surface area contributed by atoms with Gasteiger partial charge in [0.25, 0.3) is 0 Å². The highest BCUT2D eigenvalue weighted by atomic mass is 32.2. The molecule has 0 saturated carbocycles. The molecule has 0 amide bonds. The molecule has 0 aromatic heterocycles. The summed E-state index contributed by atoms with van der Waals surface area (Å²) in [6.45, 7) is 4.43. The zero-order valence-corrected chi connectivity index (χ0v) is 12.9. The summed E-state index contributed by atoms with van der Waals surface area (Å²) in [7, 11) is -3.17. The number of nitrogens with zero attached hydrogens (tertiary/aromatic N) is 1. The topological polar surface area (TPSA) is 49.4 Å². The first-order valence-electron chi connectivity index (χ1n) is 7.37. The van der Waals surface area contributed by atoms with E-state index in [-0.39, 0.29) is 5.75 Å². The smallest absolute Gasteiger partial charge is 0.218 e. The van der Waals surface area contributed by atoms with E-state index in [2.05, 4.69) is 12.2 Å². The summed E-state index contributed by atoms with van der Waals surface area (Å²) in [5.74, 6) is 0.112. The van der Waals surface area contributed by atoms with Crippen molar-refractivity contribution in [1.82, 2.24) is 9.62 Å². The molecule has 1 aliphatic rings. The lowest BCUT2D eigenvalue weighted by molar-refractivity contribution is 0.290. The van der Waals surface area contributed by atoms with Gasteiger partial charge in [-0.15, -0.1) is 0 Å². The second kappa shape index (κ2) is 7.20. The van der Waals surface area contributed by atoms with E-state index in [9.17, 15) is 8.42 Å². The quantitative estimate of drug-likeness (QED) is 0.873. The molecule has 5 heteroatoms. The fourth-order valence-electron chi connectivity index (χ4n) is 2.56. The van der Waals surface area contributed by atoms with Crippen LogP contribution in [0.2, 0.25) is 0 Å². The third-order valence-electron chi connectivity index (χ3n) is 3.72. The SMILES string of the molecule is CCCNC1CCN(S(=O)(=O)Cc2ccccc2)CC1. The lowest BCUT2D eigenvalue weighted by atomic mass is 10.1. The molecule has 0 spiro atoms. The van der Waals surface area contributed by atoms with Crippen molar-refractivity contribution in [2.45, 2.75) is 38.0 Å². The maximum atomic E-state index is 12.4. The molecule has 1 aromatic carbocycles. The minimum absolute atomic E-state index is 0.112. The minimum atomic E-state index is -3.17. The number of sulfonamides is 1. The number of hydrogen-bond acceptors (Lipinski definition) is 3. The van der Waals surface area contributed by atoms with Crippen LogP contribution in [-0.4, -0.2) is 38.4 Å². The van der Waals surface area contributed by atoms with Gasteiger partial charge in [-0.2, -0.15) is 0 Å². The van der Waals surface area contributed by atoms with Crippen LogP contribution >= 0.6 is 0 Å². The van der Waals surface area contributed by atoms with Gasteiger partial charge in [0.1, 0.15) is 0 Å². The van der Waals surface area contributed by atoms with Crippen LogP contribution in [0.5, 0.6) is 0 Å². The number of rotatable bonds is 6. The molecule has 1 heterocycles. The van der Waals surface area contributed by atoms with E-state index in [1.54, 1.807) is 4.31 Å². The summed E-state index contributed by atoms with van der Waals surface area (Å²) in [4.78, 5) is 0. The maximum Gasteiger partial charge on any atom is 0.218 e. The van der Waals surface area contributed by atoms with Crippen molar-refractivity contribution in [3.05, 3.63) is 35.9 Å². The highest BCUT2D eigenvalue weighted by molar-refractivity contribution is 7.88. The van der Waals surface area contributed by atoms with Gasteiger partial charge >= 0.3 is 0 Å². The fourth-order valence-corrected chi connectivity index (χ4v) is 4.13. The summed E-state index contributed by atoms with van der Waals surface area (Å²) in [6, 6.07) is 9.87. The van der Waals surface area contributed by atoms with Crippen molar-refractivity contribution >= 4 is 10.0 Å². The van der Waals surface area contributed by atoms with Crippen molar-refractivity contribution in [2.24, 2.45) is 0 Å². The molecule has 1 aromatic rings. The average Bonchev–Trinajstić information content (AvgIpc) is 2.46. The standard InChI is InChI=1S/C15H24N2O2S/c1-2-10-16-15-8-11-17(12-9-15)20(18,19)13-14-6-4-3-5-7-14/h3-7,15-16H,2,8-13H2,1H3. The van der Waals surface area contributed by atoms with Gasteiger partial charge in [0.2, 0.25) is 10.0 Å². The molecule has 0 radical (unpaired) electrons. The number of hydrogen-bond donors (Lipinski definition) is 1. The highest BCUT2D eigenvalue weighted by Gasteiger charge is 2.27. The van der Waals surface area contributed by atoms with Gasteiger partial charge in [0, 0.05) is 19.1 Å². The molecule has 20 heavy (non-hydrogen) atoms. The van der Waals surface area contributed by atoms with E-state index in [1.165, 1.54) is 0 Å². The van der Waals surface area contributed by atoms with Crippen LogP contribution in [0.4, 0.5) is 0 Å². The molecule has 1 N–H and O–H groups in total. The van der Waals surface area contributed by atoms with Crippen molar-refractivity contribution in [3.8, 4) is 0 Å². The Morgan fingerprint density at radius 2 is 1.85 bits per heavy atom. The van der Waals surface area contributed by atoms with E-state index >= 15 is 0 Å². The van der Waals surface area contributed by atoms with Crippen molar-refractivity contribution in [2.75, 3.05) is 19.6 Å². The van der Waals surface area contributed by atoms with E-state index in [0.717, 1.165) is 31.4 Å². The van der Waals surface area contributed by atoms with Crippen molar-refractivity contribution < 1.29 is 8.42 Å². The molecule has 1 saturated heterocycles. The molecule has 1 aliphatic heterocycles. The summed E-state index contributed by atoms with van der Waals surface area (Å²) >= 11 is 0. The second-order valence-corrected chi connectivity index (χ2v) is 7.34. The van der Waals surface area contributed by atoms with Gasteiger partial charge in [0.05, 0.1) is 5.75 Å². The van der Waals surface area contributed by atoms with Gasteiger partial charge in [-0.1, -0.05) is 37.3 Å². The molecule has 4 nitrogen and oxygen atoms in total. The van der Waals surface area contributed by atoms with Gasteiger partial charge in [-0.25, -0.2) is 12.7 Å². The largest absolute Gasteiger partial charge is 0.314 e. The Balaban J connectivity index is 1.89. The second-order valence-electron chi connectivity index (χ2n) is 5.37. The predicted molar refractivity (Wildman–Crippen MR) is 82.0 cm³/mol. The molecule has 2 rings (SSSR count). The third-order valence-corrected chi connectivity index (χ3v) is 5.57. The van der Waals surface area contributed by atoms with Crippen molar-refractivity contribution in [3.63, 3.8) is 0 Å². The lowest BCUT2D eigenvalue weighted by Crippen LogP contribution is -2.45. The monoisotopic (exact) mass is 296 g/mol. The number of benzene rings is 1. The summed E-state index contributed by atoms with van der Waals surface area (Å²) < 4.78 is 26.4. The van der Waals surface area contributed by atoms with Crippen LogP contribution in [0.15, 0.2) is 30.3 Å². The van der Waals surface area contributed by atoms with Gasteiger partial charge in [-0.05, 0) is 31.4 Å². The Hall–Kier alpha value is -0.910. The third kappa shape index (κ3) is 4.30. The van der Waals surface area contributed by atoms with E-state index in [0.29, 0.717) is 19.1 Å². The highest BCUT2D eigenvalue weighted by Crippen LogP contribution is 2.17. The Bertz CT molecular complexity index is 494. The molecule has 0 bridgehead atoms. The summed E-state index contributed by atoms with van der Waals surface area (Å²) in [6.07, 6.45) is 2.94. The molecule has 0 aliphatic carbocycles. The van der Waals surface area contributed by atoms with Gasteiger partial charge < -0.3 is 5.32 Å². The maximum absolute atomic E-state index is 12.4. The van der Waals surface area contributed by atoms with Crippen LogP contribution in [0.25, 0.3) is 0 Å². The van der Waals surface area contributed by atoms with E-state index in [4.69, 9.17) is 0 Å². The Morgan fingerprint density at radius 3 is 2.45 bits per heavy atom. The normalized spacial score (nSPS) is 18.2. The van der Waals surface area contributed by atoms with Crippen molar-refractivity contribution in [1.29, 1.82) is 0 Å². The first kappa shape index (κ1) is 15.5. The minimum Gasteiger partial charge on any atom is -0.314 e. The zero-order valence-electron chi connectivity index (χ0n) is 12.1. The average molecular weight is 296 g/mol. The summed E-state index contributed by atoms with van der Waals surface area (Å²) in [5.41, 5.74) is 0.860. The molecule has 0 atom stereocenters. The number of nitrogens with one attached hydrogen (secondary N) is 1. The number of piperidine rings is 1. The summed E-state index contributed by atoms with van der Waals surface area (Å²) in [5, 5.41) is 3.47. The fraction of sp³-hybridized carbons (Fsp3) is 0.600. The van der Waals surface area contributed by atoms with Crippen LogP contribution in [0.3, 0.4) is 0 Å². The van der Waals surface area contributed by atoms with Crippen LogP contribution < -0.4 is 5.32 Å². The molecule has 1 fully saturated rings. The predicted octanol–water partition coefficient (Wildman–Crippen LogP) is 1.98.